The predicted molar refractivity (Wildman–Crippen MR) is 96.1 cm³/mol. The van der Waals surface area contributed by atoms with Crippen molar-refractivity contribution in [1.82, 2.24) is 4.98 Å². The van der Waals surface area contributed by atoms with Crippen molar-refractivity contribution in [2.45, 2.75) is 19.3 Å². The lowest BCUT2D eigenvalue weighted by molar-refractivity contribution is -0.137. The molecule has 144 valence electrons. The van der Waals surface area contributed by atoms with Gasteiger partial charge in [0.15, 0.2) is 0 Å². The van der Waals surface area contributed by atoms with Crippen molar-refractivity contribution in [1.29, 1.82) is 0 Å². The molecule has 0 amide bonds. The molecule has 0 aliphatic carbocycles. The van der Waals surface area contributed by atoms with Gasteiger partial charge < -0.3 is 4.74 Å². The Morgan fingerprint density at radius 3 is 2.54 bits per heavy atom. The topological polar surface area (TPSA) is 70.9 Å². The van der Waals surface area contributed by atoms with Crippen LogP contribution < -0.4 is 4.74 Å². The Morgan fingerprint density at radius 2 is 1.89 bits per heavy atom. The molecule has 0 saturated carbocycles. The van der Waals surface area contributed by atoms with E-state index in [9.17, 15) is 17.6 Å². The third-order valence-corrected chi connectivity index (χ3v) is 4.81. The summed E-state index contributed by atoms with van der Waals surface area (Å²) in [5.74, 6) is -0.124. The summed E-state index contributed by atoms with van der Waals surface area (Å²) in [7, 11) is 0. The van der Waals surface area contributed by atoms with Crippen molar-refractivity contribution in [3.05, 3.63) is 80.9 Å². The van der Waals surface area contributed by atoms with Gasteiger partial charge in [-0.15, -0.1) is 11.3 Å². The molecule has 10 heteroatoms. The molecule has 0 aliphatic rings. The summed E-state index contributed by atoms with van der Waals surface area (Å²) in [6, 6.07) is 10.2. The van der Waals surface area contributed by atoms with Gasteiger partial charge in [0.05, 0.1) is 22.7 Å². The van der Waals surface area contributed by atoms with E-state index < -0.39 is 17.6 Å². The fourth-order valence-electron chi connectivity index (χ4n) is 2.35. The third kappa shape index (κ3) is 4.79. The Kier molecular flexibility index (Phi) is 5.81. The van der Waals surface area contributed by atoms with E-state index in [0.717, 1.165) is 12.1 Å². The van der Waals surface area contributed by atoms with Gasteiger partial charge in [0.25, 0.3) is 0 Å². The molecule has 2 aromatic carbocycles. The smallest absolute Gasteiger partial charge is 0.416 e. The third-order valence-electron chi connectivity index (χ3n) is 3.69. The molecule has 0 spiro atoms. The quantitative estimate of drug-likeness (QED) is 0.206. The van der Waals surface area contributed by atoms with Gasteiger partial charge in [-0.3, -0.25) is 0 Å². The molecular weight excluding hydrogens is 396 g/mol. The molecule has 1 heterocycles. The molecule has 0 aliphatic heterocycles. The Labute approximate surface area is 160 Å². The van der Waals surface area contributed by atoms with Crippen molar-refractivity contribution in [2.75, 3.05) is 0 Å². The summed E-state index contributed by atoms with van der Waals surface area (Å²) < 4.78 is 57.0. The second kappa shape index (κ2) is 8.28. The summed E-state index contributed by atoms with van der Waals surface area (Å²) in [6.07, 6.45) is -4.42. The average Bonchev–Trinajstić information content (AvgIpc) is 3.07. The van der Waals surface area contributed by atoms with Crippen LogP contribution in [0.5, 0.6) is 5.75 Å². The first-order chi connectivity index (χ1) is 13.4. The lowest BCUT2D eigenvalue weighted by Crippen LogP contribution is -2.03. The molecule has 5 nitrogen and oxygen atoms in total. The number of azide groups is 1. The van der Waals surface area contributed by atoms with E-state index in [1.807, 2.05) is 0 Å². The predicted octanol–water partition coefficient (Wildman–Crippen LogP) is 6.36. The van der Waals surface area contributed by atoms with Crippen LogP contribution in [0.3, 0.4) is 0 Å². The maximum absolute atomic E-state index is 13.3. The van der Waals surface area contributed by atoms with E-state index in [0.29, 0.717) is 26.9 Å². The average molecular weight is 408 g/mol. The SMILES string of the molecule is [N-]=[N+]=NCc1nc(-c2ccc(C(F)(F)F)cc2)sc1COc1cccc(F)c1. The van der Waals surface area contributed by atoms with Crippen molar-refractivity contribution in [3.63, 3.8) is 0 Å². The van der Waals surface area contributed by atoms with Crippen LogP contribution in [0.2, 0.25) is 0 Å². The first kappa shape index (κ1) is 19.7. The van der Waals surface area contributed by atoms with Gasteiger partial charge in [0, 0.05) is 16.5 Å². The van der Waals surface area contributed by atoms with Crippen molar-refractivity contribution in [3.8, 4) is 16.3 Å². The molecule has 0 bridgehead atoms. The van der Waals surface area contributed by atoms with E-state index >= 15 is 0 Å². The highest BCUT2D eigenvalue weighted by Gasteiger charge is 2.30. The maximum Gasteiger partial charge on any atom is 0.416 e. The van der Waals surface area contributed by atoms with Crippen LogP contribution in [-0.2, 0) is 19.3 Å². The fraction of sp³-hybridized carbons (Fsp3) is 0.167. The van der Waals surface area contributed by atoms with Crippen LogP contribution in [0.1, 0.15) is 16.1 Å². The van der Waals surface area contributed by atoms with Crippen LogP contribution in [-0.4, -0.2) is 4.98 Å². The summed E-state index contributed by atoms with van der Waals surface area (Å²) in [5, 5.41) is 3.95. The lowest BCUT2D eigenvalue weighted by atomic mass is 10.1. The zero-order valence-electron chi connectivity index (χ0n) is 14.2. The minimum absolute atomic E-state index is 0.0323. The number of nitrogens with zero attached hydrogens (tertiary/aromatic N) is 4. The fourth-order valence-corrected chi connectivity index (χ4v) is 3.34. The molecule has 0 radical (unpaired) electrons. The molecule has 3 rings (SSSR count). The monoisotopic (exact) mass is 408 g/mol. The highest BCUT2D eigenvalue weighted by atomic mass is 32.1. The van der Waals surface area contributed by atoms with Gasteiger partial charge in [0.1, 0.15) is 23.2 Å². The lowest BCUT2D eigenvalue weighted by Gasteiger charge is -2.06. The summed E-state index contributed by atoms with van der Waals surface area (Å²) >= 11 is 1.21. The molecular formula is C18H12F4N4OS. The van der Waals surface area contributed by atoms with Crippen LogP contribution in [0.15, 0.2) is 53.6 Å². The number of benzene rings is 2. The number of aromatic nitrogens is 1. The van der Waals surface area contributed by atoms with E-state index in [1.54, 1.807) is 6.07 Å². The summed E-state index contributed by atoms with van der Waals surface area (Å²) in [6.45, 7) is 0.0213. The van der Waals surface area contributed by atoms with Gasteiger partial charge in [-0.05, 0) is 29.8 Å². The van der Waals surface area contributed by atoms with Crippen LogP contribution in [0.4, 0.5) is 17.6 Å². The van der Waals surface area contributed by atoms with E-state index in [4.69, 9.17) is 10.3 Å². The highest BCUT2D eigenvalue weighted by molar-refractivity contribution is 7.15. The van der Waals surface area contributed by atoms with Crippen molar-refractivity contribution >= 4 is 11.3 Å². The molecule has 0 saturated heterocycles. The van der Waals surface area contributed by atoms with Crippen LogP contribution >= 0.6 is 11.3 Å². The minimum atomic E-state index is -4.42. The second-order valence-corrected chi connectivity index (χ2v) is 6.68. The Bertz CT molecular complexity index is 1010. The summed E-state index contributed by atoms with van der Waals surface area (Å²) in [4.78, 5) is 7.69. The largest absolute Gasteiger partial charge is 0.488 e. The van der Waals surface area contributed by atoms with E-state index in [1.165, 1.54) is 41.7 Å². The molecule has 0 atom stereocenters. The first-order valence-electron chi connectivity index (χ1n) is 7.92. The molecule has 0 N–H and O–H groups in total. The van der Waals surface area contributed by atoms with Gasteiger partial charge in [0.2, 0.25) is 0 Å². The molecule has 3 aromatic rings. The van der Waals surface area contributed by atoms with Gasteiger partial charge in [-0.25, -0.2) is 9.37 Å². The van der Waals surface area contributed by atoms with Crippen molar-refractivity contribution < 1.29 is 22.3 Å². The van der Waals surface area contributed by atoms with Crippen molar-refractivity contribution in [2.24, 2.45) is 5.11 Å². The Morgan fingerprint density at radius 1 is 1.14 bits per heavy atom. The van der Waals surface area contributed by atoms with Crippen LogP contribution in [0, 0.1) is 5.82 Å². The number of halogens is 4. The maximum atomic E-state index is 13.3. The van der Waals surface area contributed by atoms with Gasteiger partial charge in [-0.2, -0.15) is 13.2 Å². The van der Waals surface area contributed by atoms with Gasteiger partial charge in [-0.1, -0.05) is 23.3 Å². The Balaban J connectivity index is 1.85. The highest BCUT2D eigenvalue weighted by Crippen LogP contribution is 2.33. The standard InChI is InChI=1S/C18H12F4N4OS/c19-13-2-1-3-14(8-13)27-10-16-15(9-24-26-23)25-17(28-16)11-4-6-12(7-5-11)18(20,21)22/h1-8H,9-10H2. The van der Waals surface area contributed by atoms with Crippen LogP contribution in [0.25, 0.3) is 21.0 Å². The zero-order chi connectivity index (χ0) is 20.1. The molecule has 28 heavy (non-hydrogen) atoms. The molecule has 1 aromatic heterocycles. The molecule has 0 unspecified atom stereocenters. The Hall–Kier alpha value is -3.10. The summed E-state index contributed by atoms with van der Waals surface area (Å²) in [5.41, 5.74) is 8.74. The number of alkyl halides is 3. The number of hydrogen-bond donors (Lipinski definition) is 0. The van der Waals surface area contributed by atoms with Gasteiger partial charge >= 0.3 is 6.18 Å². The zero-order valence-corrected chi connectivity index (χ0v) is 15.0. The van der Waals surface area contributed by atoms with E-state index in [2.05, 4.69) is 15.0 Å². The number of thiazole rings is 1. The minimum Gasteiger partial charge on any atom is -0.488 e. The molecule has 0 fully saturated rings. The second-order valence-electron chi connectivity index (χ2n) is 5.60. The first-order valence-corrected chi connectivity index (χ1v) is 8.74. The number of ether oxygens (including phenoxy) is 1. The normalized spacial score (nSPS) is 11.1. The number of rotatable bonds is 6. The number of hydrogen-bond acceptors (Lipinski definition) is 4. The van der Waals surface area contributed by atoms with E-state index in [-0.39, 0.29) is 13.2 Å².